The van der Waals surface area contributed by atoms with Crippen LogP contribution in [0.25, 0.3) is 0 Å². The molecule has 4 nitrogen and oxygen atoms in total. The number of hydrogen-bond acceptors (Lipinski definition) is 3. The second-order valence-corrected chi connectivity index (χ2v) is 8.09. The van der Waals surface area contributed by atoms with E-state index in [2.05, 4.69) is 0 Å². The first-order chi connectivity index (χ1) is 16.3. The normalized spacial score (nSPS) is 16.1. The maximum atomic E-state index is 14.7. The molecule has 1 amide bonds. The Kier molecular flexibility index (Phi) is 6.82. The summed E-state index contributed by atoms with van der Waals surface area (Å²) in [6.07, 6.45) is -0.217. The highest BCUT2D eigenvalue weighted by molar-refractivity contribution is 5.95. The van der Waals surface area contributed by atoms with E-state index in [4.69, 9.17) is 4.74 Å². The van der Waals surface area contributed by atoms with Gasteiger partial charge in [0.2, 0.25) is 5.91 Å². The molecule has 3 aromatic rings. The van der Waals surface area contributed by atoms with Crippen molar-refractivity contribution in [2.45, 2.75) is 32.4 Å². The molecule has 0 saturated heterocycles. The topological polar surface area (TPSA) is 46.6 Å². The van der Waals surface area contributed by atoms with Gasteiger partial charge in [-0.2, -0.15) is 0 Å². The Morgan fingerprint density at radius 2 is 1.65 bits per heavy atom. The molecule has 4 rings (SSSR count). The number of allylic oxidation sites excluding steroid dienone is 1. The van der Waals surface area contributed by atoms with E-state index in [0.29, 0.717) is 5.56 Å². The maximum Gasteiger partial charge on any atom is 0.336 e. The number of carbonyl (C=O) groups is 2. The molecule has 174 valence electrons. The van der Waals surface area contributed by atoms with Crippen LogP contribution in [0.1, 0.15) is 36.0 Å². The fourth-order valence-electron chi connectivity index (χ4n) is 4.14. The number of halogens is 3. The number of nitrogens with zero attached hydrogens (tertiary/aromatic N) is 1. The van der Waals surface area contributed by atoms with Gasteiger partial charge in [-0.3, -0.25) is 4.79 Å². The number of esters is 1. The summed E-state index contributed by atoms with van der Waals surface area (Å²) < 4.78 is 47.4. The molecule has 0 aromatic heterocycles. The van der Waals surface area contributed by atoms with Gasteiger partial charge in [-0.05, 0) is 41.8 Å². The third kappa shape index (κ3) is 5.03. The number of hydrogen-bond donors (Lipinski definition) is 0. The van der Waals surface area contributed by atoms with E-state index in [1.54, 1.807) is 25.1 Å². The number of ether oxygens (including phenoxy) is 1. The standard InChI is InChI=1S/C27H22F3NO3/c1-17-26(27(33)34-16-18-6-3-2-4-7-18)23(22-11-10-21(29)13-24(22)30)14-25(32)31(17)15-19-8-5-9-20(28)12-19/h2-13,23H,14-16H2,1H3/t23-/m0/s1. The molecule has 0 spiro atoms. The lowest BCUT2D eigenvalue weighted by molar-refractivity contribution is -0.141. The van der Waals surface area contributed by atoms with Crippen LogP contribution in [-0.4, -0.2) is 16.8 Å². The minimum atomic E-state index is -0.944. The number of amides is 1. The summed E-state index contributed by atoms with van der Waals surface area (Å²) in [5.74, 6) is -4.07. The Morgan fingerprint density at radius 3 is 2.35 bits per heavy atom. The Balaban J connectivity index is 1.71. The SMILES string of the molecule is CC1=C(C(=O)OCc2ccccc2)[C@H](c2ccc(F)cc2F)CC(=O)N1Cc1cccc(F)c1. The summed E-state index contributed by atoms with van der Waals surface area (Å²) in [7, 11) is 0. The van der Waals surface area contributed by atoms with Gasteiger partial charge in [0, 0.05) is 24.1 Å². The Labute approximate surface area is 195 Å². The van der Waals surface area contributed by atoms with E-state index >= 15 is 0 Å². The first-order valence-corrected chi connectivity index (χ1v) is 10.7. The zero-order valence-corrected chi connectivity index (χ0v) is 18.4. The fraction of sp³-hybridized carbons (Fsp3) is 0.185. The molecule has 0 bridgehead atoms. The maximum absolute atomic E-state index is 14.7. The first-order valence-electron chi connectivity index (χ1n) is 10.7. The van der Waals surface area contributed by atoms with Gasteiger partial charge in [-0.25, -0.2) is 18.0 Å². The second kappa shape index (κ2) is 9.95. The Morgan fingerprint density at radius 1 is 0.941 bits per heavy atom. The van der Waals surface area contributed by atoms with Crippen molar-refractivity contribution < 1.29 is 27.5 Å². The monoisotopic (exact) mass is 465 g/mol. The van der Waals surface area contributed by atoms with Crippen molar-refractivity contribution in [1.82, 2.24) is 4.90 Å². The molecule has 0 N–H and O–H groups in total. The Bertz CT molecular complexity index is 1260. The summed E-state index contributed by atoms with van der Waals surface area (Å²) in [4.78, 5) is 27.6. The van der Waals surface area contributed by atoms with Crippen LogP contribution < -0.4 is 0 Å². The molecular weight excluding hydrogens is 443 g/mol. The van der Waals surface area contributed by atoms with Gasteiger partial charge >= 0.3 is 5.97 Å². The fourth-order valence-corrected chi connectivity index (χ4v) is 4.14. The van der Waals surface area contributed by atoms with Crippen LogP contribution in [-0.2, 0) is 27.5 Å². The van der Waals surface area contributed by atoms with Crippen molar-refractivity contribution in [3.05, 3.63) is 118 Å². The summed E-state index contributed by atoms with van der Waals surface area (Å²) in [5.41, 5.74) is 1.73. The van der Waals surface area contributed by atoms with E-state index in [0.717, 1.165) is 17.7 Å². The van der Waals surface area contributed by atoms with Gasteiger partial charge in [0.1, 0.15) is 24.1 Å². The van der Waals surface area contributed by atoms with Gasteiger partial charge in [0.15, 0.2) is 0 Å². The van der Waals surface area contributed by atoms with Crippen LogP contribution in [0.4, 0.5) is 13.2 Å². The molecule has 3 aromatic carbocycles. The van der Waals surface area contributed by atoms with Crippen molar-refractivity contribution in [3.63, 3.8) is 0 Å². The average molecular weight is 465 g/mol. The molecule has 1 atom stereocenters. The van der Waals surface area contributed by atoms with E-state index < -0.39 is 29.3 Å². The van der Waals surface area contributed by atoms with Crippen LogP contribution in [0.3, 0.4) is 0 Å². The first kappa shape index (κ1) is 23.3. The van der Waals surface area contributed by atoms with Crippen LogP contribution in [0, 0.1) is 17.5 Å². The van der Waals surface area contributed by atoms with Crippen LogP contribution in [0.2, 0.25) is 0 Å². The molecule has 0 unspecified atom stereocenters. The summed E-state index contributed by atoms with van der Waals surface area (Å²) in [5, 5.41) is 0. The van der Waals surface area contributed by atoms with Crippen LogP contribution in [0.15, 0.2) is 84.1 Å². The van der Waals surface area contributed by atoms with Crippen molar-refractivity contribution >= 4 is 11.9 Å². The van der Waals surface area contributed by atoms with Crippen molar-refractivity contribution in [2.75, 3.05) is 0 Å². The van der Waals surface area contributed by atoms with Crippen molar-refractivity contribution in [2.24, 2.45) is 0 Å². The van der Waals surface area contributed by atoms with Gasteiger partial charge in [-0.1, -0.05) is 48.5 Å². The van der Waals surface area contributed by atoms with Gasteiger partial charge < -0.3 is 9.64 Å². The average Bonchev–Trinajstić information content (AvgIpc) is 2.81. The second-order valence-electron chi connectivity index (χ2n) is 8.09. The highest BCUT2D eigenvalue weighted by atomic mass is 19.1. The molecule has 1 heterocycles. The lowest BCUT2D eigenvalue weighted by Crippen LogP contribution is -2.38. The minimum Gasteiger partial charge on any atom is -0.457 e. The summed E-state index contributed by atoms with van der Waals surface area (Å²) in [6, 6.07) is 17.9. The summed E-state index contributed by atoms with van der Waals surface area (Å²) >= 11 is 0. The zero-order chi connectivity index (χ0) is 24.2. The lowest BCUT2D eigenvalue weighted by Gasteiger charge is -2.34. The highest BCUT2D eigenvalue weighted by Gasteiger charge is 2.38. The van der Waals surface area contributed by atoms with Gasteiger partial charge in [-0.15, -0.1) is 0 Å². The largest absolute Gasteiger partial charge is 0.457 e. The predicted octanol–water partition coefficient (Wildman–Crippen LogP) is 5.64. The van der Waals surface area contributed by atoms with E-state index in [1.165, 1.54) is 29.2 Å². The molecule has 0 aliphatic carbocycles. The van der Waals surface area contributed by atoms with E-state index in [1.807, 2.05) is 18.2 Å². The predicted molar refractivity (Wildman–Crippen MR) is 120 cm³/mol. The third-order valence-corrected chi connectivity index (χ3v) is 5.82. The van der Waals surface area contributed by atoms with E-state index in [9.17, 15) is 22.8 Å². The van der Waals surface area contributed by atoms with Crippen LogP contribution in [0.5, 0.6) is 0 Å². The molecular formula is C27H22F3NO3. The molecule has 34 heavy (non-hydrogen) atoms. The zero-order valence-electron chi connectivity index (χ0n) is 18.4. The molecule has 7 heteroatoms. The molecule has 0 saturated carbocycles. The smallest absolute Gasteiger partial charge is 0.336 e. The van der Waals surface area contributed by atoms with Crippen LogP contribution >= 0.6 is 0 Å². The highest BCUT2D eigenvalue weighted by Crippen LogP contribution is 2.39. The number of rotatable bonds is 6. The number of carbonyl (C=O) groups excluding carboxylic acids is 2. The third-order valence-electron chi connectivity index (χ3n) is 5.82. The molecule has 0 fully saturated rings. The minimum absolute atomic E-state index is 0.00703. The van der Waals surface area contributed by atoms with Gasteiger partial charge in [0.05, 0.1) is 12.1 Å². The van der Waals surface area contributed by atoms with Gasteiger partial charge in [0.25, 0.3) is 0 Å². The molecule has 0 radical (unpaired) electrons. The quantitative estimate of drug-likeness (QED) is 0.443. The lowest BCUT2D eigenvalue weighted by atomic mass is 9.83. The summed E-state index contributed by atoms with van der Waals surface area (Å²) in [6.45, 7) is 1.60. The molecule has 1 aliphatic heterocycles. The van der Waals surface area contributed by atoms with E-state index in [-0.39, 0.29) is 42.3 Å². The Hall–Kier alpha value is -3.87. The van der Waals surface area contributed by atoms with Crippen molar-refractivity contribution in [1.29, 1.82) is 0 Å². The number of benzene rings is 3. The molecule has 1 aliphatic rings. The van der Waals surface area contributed by atoms with Crippen molar-refractivity contribution in [3.8, 4) is 0 Å².